The van der Waals surface area contributed by atoms with Crippen molar-refractivity contribution in [1.82, 2.24) is 9.80 Å². The van der Waals surface area contributed by atoms with Crippen molar-refractivity contribution in [3.8, 4) is 0 Å². The zero-order chi connectivity index (χ0) is 13.0. The quantitative estimate of drug-likeness (QED) is 0.807. The number of anilines is 1. The molecule has 0 saturated heterocycles. The first-order valence-electron chi connectivity index (χ1n) is 7.05. The average molecular weight is 247 g/mol. The lowest BCUT2D eigenvalue weighted by atomic mass is 9.98. The van der Waals surface area contributed by atoms with Crippen LogP contribution in [-0.2, 0) is 13.0 Å². The molecule has 3 nitrogen and oxygen atoms in total. The van der Waals surface area contributed by atoms with E-state index in [4.69, 9.17) is 5.73 Å². The number of hydrogen-bond acceptors (Lipinski definition) is 3. The topological polar surface area (TPSA) is 32.5 Å². The van der Waals surface area contributed by atoms with E-state index >= 15 is 0 Å². The first kappa shape index (κ1) is 13.4. The number of nitrogen functional groups attached to an aromatic ring is 1. The molecule has 0 amide bonds. The highest BCUT2D eigenvalue weighted by atomic mass is 15.2. The zero-order valence-electron chi connectivity index (χ0n) is 11.7. The average Bonchev–Trinajstić information content (AvgIpc) is 2.40. The van der Waals surface area contributed by atoms with Crippen LogP contribution in [0.4, 0.5) is 5.69 Å². The molecule has 0 aliphatic carbocycles. The van der Waals surface area contributed by atoms with Gasteiger partial charge in [-0.3, -0.25) is 4.90 Å². The number of likely N-dealkylation sites (N-methyl/N-ethyl adjacent to an activating group) is 1. The van der Waals surface area contributed by atoms with E-state index in [-0.39, 0.29) is 0 Å². The van der Waals surface area contributed by atoms with Gasteiger partial charge in [0.25, 0.3) is 0 Å². The van der Waals surface area contributed by atoms with Gasteiger partial charge in [-0.1, -0.05) is 26.0 Å². The van der Waals surface area contributed by atoms with Crippen molar-refractivity contribution >= 4 is 5.69 Å². The molecule has 0 aromatic heterocycles. The van der Waals surface area contributed by atoms with Gasteiger partial charge in [0.05, 0.1) is 0 Å². The van der Waals surface area contributed by atoms with Gasteiger partial charge in [-0.15, -0.1) is 0 Å². The Kier molecular flexibility index (Phi) is 4.61. The van der Waals surface area contributed by atoms with Gasteiger partial charge in [-0.2, -0.15) is 0 Å². The van der Waals surface area contributed by atoms with Crippen molar-refractivity contribution in [2.75, 3.05) is 38.5 Å². The van der Waals surface area contributed by atoms with Crippen molar-refractivity contribution in [2.24, 2.45) is 0 Å². The van der Waals surface area contributed by atoms with Crippen LogP contribution in [0.5, 0.6) is 0 Å². The van der Waals surface area contributed by atoms with Crippen LogP contribution in [0.15, 0.2) is 18.2 Å². The van der Waals surface area contributed by atoms with E-state index < -0.39 is 0 Å². The minimum absolute atomic E-state index is 0.968. The van der Waals surface area contributed by atoms with Gasteiger partial charge in [0.1, 0.15) is 0 Å². The summed E-state index contributed by atoms with van der Waals surface area (Å²) in [5, 5.41) is 0. The summed E-state index contributed by atoms with van der Waals surface area (Å²) >= 11 is 0. The Labute approximate surface area is 111 Å². The van der Waals surface area contributed by atoms with E-state index in [9.17, 15) is 0 Å². The van der Waals surface area contributed by atoms with E-state index in [1.165, 1.54) is 17.7 Å². The van der Waals surface area contributed by atoms with Crippen LogP contribution < -0.4 is 5.73 Å². The predicted octanol–water partition coefficient (Wildman–Crippen LogP) is 1.97. The van der Waals surface area contributed by atoms with Gasteiger partial charge in [-0.25, -0.2) is 0 Å². The maximum atomic E-state index is 6.03. The molecule has 18 heavy (non-hydrogen) atoms. The van der Waals surface area contributed by atoms with Gasteiger partial charge < -0.3 is 10.6 Å². The SMILES string of the molecule is CCN(CC)CCN1CCc2c(N)cccc2C1. The lowest BCUT2D eigenvalue weighted by Crippen LogP contribution is -2.38. The summed E-state index contributed by atoms with van der Waals surface area (Å²) in [4.78, 5) is 5.02. The Balaban J connectivity index is 1.92. The number of rotatable bonds is 5. The summed E-state index contributed by atoms with van der Waals surface area (Å²) in [6, 6.07) is 6.31. The Morgan fingerprint density at radius 2 is 2.06 bits per heavy atom. The van der Waals surface area contributed by atoms with Gasteiger partial charge in [0.15, 0.2) is 0 Å². The Morgan fingerprint density at radius 3 is 2.78 bits per heavy atom. The number of nitrogens with two attached hydrogens (primary N) is 1. The molecular weight excluding hydrogens is 222 g/mol. The molecule has 1 aromatic carbocycles. The molecule has 0 fully saturated rings. The van der Waals surface area contributed by atoms with E-state index in [2.05, 4.69) is 35.8 Å². The van der Waals surface area contributed by atoms with E-state index in [1.807, 2.05) is 6.07 Å². The Morgan fingerprint density at radius 1 is 1.28 bits per heavy atom. The second-order valence-corrected chi connectivity index (χ2v) is 5.04. The molecule has 1 aromatic rings. The molecule has 0 unspecified atom stereocenters. The molecule has 2 N–H and O–H groups in total. The lowest BCUT2D eigenvalue weighted by Gasteiger charge is -2.31. The van der Waals surface area contributed by atoms with Crippen molar-refractivity contribution in [1.29, 1.82) is 0 Å². The first-order valence-corrected chi connectivity index (χ1v) is 7.05. The molecule has 2 rings (SSSR count). The van der Waals surface area contributed by atoms with Gasteiger partial charge in [0.2, 0.25) is 0 Å². The molecule has 0 bridgehead atoms. The van der Waals surface area contributed by atoms with Crippen molar-refractivity contribution in [2.45, 2.75) is 26.8 Å². The van der Waals surface area contributed by atoms with Crippen LogP contribution in [0.2, 0.25) is 0 Å². The third-order valence-electron chi connectivity index (χ3n) is 4.01. The summed E-state index contributed by atoms with van der Waals surface area (Å²) in [7, 11) is 0. The maximum absolute atomic E-state index is 6.03. The number of hydrogen-bond donors (Lipinski definition) is 1. The fourth-order valence-corrected chi connectivity index (χ4v) is 2.71. The normalized spacial score (nSPS) is 15.9. The van der Waals surface area contributed by atoms with E-state index in [0.717, 1.165) is 44.8 Å². The Bertz CT molecular complexity index is 385. The van der Waals surface area contributed by atoms with E-state index in [1.54, 1.807) is 0 Å². The monoisotopic (exact) mass is 247 g/mol. The van der Waals surface area contributed by atoms with Crippen LogP contribution >= 0.6 is 0 Å². The van der Waals surface area contributed by atoms with E-state index in [0.29, 0.717) is 0 Å². The van der Waals surface area contributed by atoms with Crippen molar-refractivity contribution in [3.63, 3.8) is 0 Å². The third kappa shape index (κ3) is 3.03. The molecule has 3 heteroatoms. The maximum Gasteiger partial charge on any atom is 0.0350 e. The predicted molar refractivity (Wildman–Crippen MR) is 77.6 cm³/mol. The second kappa shape index (κ2) is 6.21. The molecule has 0 radical (unpaired) electrons. The van der Waals surface area contributed by atoms with Crippen molar-refractivity contribution < 1.29 is 0 Å². The lowest BCUT2D eigenvalue weighted by molar-refractivity contribution is 0.202. The molecule has 1 heterocycles. The first-order chi connectivity index (χ1) is 8.74. The highest BCUT2D eigenvalue weighted by Crippen LogP contribution is 2.23. The molecule has 0 saturated carbocycles. The fraction of sp³-hybridized carbons (Fsp3) is 0.600. The number of benzene rings is 1. The van der Waals surface area contributed by atoms with Crippen LogP contribution in [0.1, 0.15) is 25.0 Å². The molecule has 1 aliphatic heterocycles. The van der Waals surface area contributed by atoms with Gasteiger partial charge in [0, 0.05) is 31.9 Å². The third-order valence-corrected chi connectivity index (χ3v) is 4.01. The molecule has 1 aliphatic rings. The number of nitrogens with zero attached hydrogens (tertiary/aromatic N) is 2. The molecule has 100 valence electrons. The summed E-state index contributed by atoms with van der Waals surface area (Å²) in [5.74, 6) is 0. The smallest absolute Gasteiger partial charge is 0.0350 e. The van der Waals surface area contributed by atoms with Crippen LogP contribution in [0.25, 0.3) is 0 Å². The summed E-state index contributed by atoms with van der Waals surface area (Å²) < 4.78 is 0. The van der Waals surface area contributed by atoms with Crippen LogP contribution in [0, 0.1) is 0 Å². The van der Waals surface area contributed by atoms with Gasteiger partial charge in [-0.05, 0) is 36.7 Å². The Hall–Kier alpha value is -1.06. The fourth-order valence-electron chi connectivity index (χ4n) is 2.71. The standard InChI is InChI=1S/C15H25N3/c1-3-17(4-2)10-11-18-9-8-14-13(12-18)6-5-7-15(14)16/h5-7H,3-4,8-12,16H2,1-2H3. The molecular formula is C15H25N3. The minimum Gasteiger partial charge on any atom is -0.398 e. The largest absolute Gasteiger partial charge is 0.398 e. The number of fused-ring (bicyclic) bond motifs is 1. The molecule has 0 spiro atoms. The molecule has 0 atom stereocenters. The summed E-state index contributed by atoms with van der Waals surface area (Å²) in [6.45, 7) is 11.3. The zero-order valence-corrected chi connectivity index (χ0v) is 11.7. The second-order valence-electron chi connectivity index (χ2n) is 5.04. The minimum atomic E-state index is 0.968. The highest BCUT2D eigenvalue weighted by Gasteiger charge is 2.17. The van der Waals surface area contributed by atoms with Crippen LogP contribution in [-0.4, -0.2) is 42.5 Å². The summed E-state index contributed by atoms with van der Waals surface area (Å²) in [6.07, 6.45) is 1.10. The highest BCUT2D eigenvalue weighted by molar-refractivity contribution is 5.51. The van der Waals surface area contributed by atoms with Gasteiger partial charge >= 0.3 is 0 Å². The van der Waals surface area contributed by atoms with Crippen molar-refractivity contribution in [3.05, 3.63) is 29.3 Å². The van der Waals surface area contributed by atoms with Crippen LogP contribution in [0.3, 0.4) is 0 Å². The summed E-state index contributed by atoms with van der Waals surface area (Å²) in [5.41, 5.74) is 9.78.